The van der Waals surface area contributed by atoms with Crippen LogP contribution in [0.4, 0.5) is 0 Å². The molecule has 0 atom stereocenters. The normalized spacial score (nSPS) is 10.1. The third-order valence-corrected chi connectivity index (χ3v) is 2.10. The zero-order valence-corrected chi connectivity index (χ0v) is 9.53. The fourth-order valence-electron chi connectivity index (χ4n) is 1.20. The van der Waals surface area contributed by atoms with Gasteiger partial charge in [0.15, 0.2) is 0 Å². The predicted octanol–water partition coefficient (Wildman–Crippen LogP) is -0.298. The maximum absolute atomic E-state index is 11.0. The molecule has 0 spiro atoms. The lowest BCUT2D eigenvalue weighted by Crippen LogP contribution is -2.41. The van der Waals surface area contributed by atoms with Crippen LogP contribution in [-0.2, 0) is 4.94 Å². The highest BCUT2D eigenvalue weighted by Gasteiger charge is 2.14. The zero-order valence-electron chi connectivity index (χ0n) is 9.53. The molecule has 0 saturated heterocycles. The summed E-state index contributed by atoms with van der Waals surface area (Å²) in [6, 6.07) is 0. The third-order valence-electron chi connectivity index (χ3n) is 2.10. The Morgan fingerprint density at radius 2 is 2.00 bits per heavy atom. The second kappa shape index (κ2) is 9.63. The van der Waals surface area contributed by atoms with Gasteiger partial charge < -0.3 is 5.32 Å². The van der Waals surface area contributed by atoms with Gasteiger partial charge in [-0.25, -0.2) is 0 Å². The van der Waals surface area contributed by atoms with Crippen LogP contribution < -0.4 is 16.8 Å². The van der Waals surface area contributed by atoms with E-state index in [-0.39, 0.29) is 0 Å². The van der Waals surface area contributed by atoms with E-state index in [1.165, 1.54) is 17.9 Å². The van der Waals surface area contributed by atoms with E-state index in [0.29, 0.717) is 11.5 Å². The van der Waals surface area contributed by atoms with Crippen molar-refractivity contribution in [2.75, 3.05) is 27.2 Å². The van der Waals surface area contributed by atoms with E-state index in [1.54, 1.807) is 7.05 Å². The number of nitrogens with one attached hydrogen (secondary N) is 2. The van der Waals surface area contributed by atoms with E-state index >= 15 is 0 Å². The van der Waals surface area contributed by atoms with Crippen molar-refractivity contribution in [2.24, 2.45) is 5.90 Å². The van der Waals surface area contributed by atoms with Crippen molar-refractivity contribution in [3.63, 3.8) is 0 Å². The van der Waals surface area contributed by atoms with Crippen molar-refractivity contribution in [3.8, 4) is 0 Å². The third kappa shape index (κ3) is 8.10. The van der Waals surface area contributed by atoms with Crippen LogP contribution in [0.3, 0.4) is 0 Å². The van der Waals surface area contributed by atoms with Gasteiger partial charge in [-0.15, -0.1) is 9.95 Å². The second-order valence-electron chi connectivity index (χ2n) is 3.38. The molecule has 0 aliphatic rings. The Morgan fingerprint density at radius 3 is 2.60 bits per heavy atom. The van der Waals surface area contributed by atoms with Crippen LogP contribution >= 0.6 is 0 Å². The van der Waals surface area contributed by atoms with Crippen molar-refractivity contribution < 1.29 is 9.92 Å². The first-order valence-corrected chi connectivity index (χ1v) is 5.16. The molecule has 15 heavy (non-hydrogen) atoms. The minimum absolute atomic E-state index is 0.466. The Bertz CT molecular complexity index is 167. The monoisotopic (exact) mass is 220 g/mol. The average molecular weight is 220 g/mol. The number of nitrogens with two attached hydrogens (primary N) is 1. The fourth-order valence-corrected chi connectivity index (χ4v) is 1.20. The molecular weight excluding hydrogens is 198 g/mol. The van der Waals surface area contributed by atoms with E-state index in [4.69, 9.17) is 5.90 Å². The molecule has 7 nitrogen and oxygen atoms in total. The molecule has 0 aromatic rings. The van der Waals surface area contributed by atoms with Gasteiger partial charge in [-0.3, -0.25) is 0 Å². The van der Waals surface area contributed by atoms with E-state index in [9.17, 15) is 4.91 Å². The van der Waals surface area contributed by atoms with Gasteiger partial charge in [-0.2, -0.15) is 5.90 Å². The highest BCUT2D eigenvalue weighted by Crippen LogP contribution is 1.99. The summed E-state index contributed by atoms with van der Waals surface area (Å²) >= 11 is 0. The minimum Gasteiger partial charge on any atom is -0.320 e. The van der Waals surface area contributed by atoms with Crippen molar-refractivity contribution in [3.05, 3.63) is 4.91 Å². The van der Waals surface area contributed by atoms with Crippen LogP contribution in [-0.4, -0.2) is 37.2 Å². The summed E-state index contributed by atoms with van der Waals surface area (Å²) in [5.74, 6) is 4.69. The molecular formula is C8H22N5O2+. The van der Waals surface area contributed by atoms with E-state index in [0.717, 1.165) is 19.4 Å². The van der Waals surface area contributed by atoms with Crippen LogP contribution in [0.2, 0.25) is 0 Å². The van der Waals surface area contributed by atoms with Gasteiger partial charge in [0, 0.05) is 5.59 Å². The van der Waals surface area contributed by atoms with E-state index in [2.05, 4.69) is 10.3 Å². The number of hydrogen-bond donors (Lipinski definition) is 3. The molecule has 90 valence electrons. The number of hydrazine groups is 2. The smallest absolute Gasteiger partial charge is 0.275 e. The Hall–Kier alpha value is -0.920. The van der Waals surface area contributed by atoms with Gasteiger partial charge in [0.25, 0.3) is 4.98 Å². The van der Waals surface area contributed by atoms with E-state index < -0.39 is 0 Å². The Morgan fingerprint density at radius 1 is 1.33 bits per heavy atom. The Labute approximate surface area is 90.4 Å². The molecule has 4 N–H and O–H groups in total. The molecule has 0 amide bonds. The number of rotatable bonds is 10. The highest BCUT2D eigenvalue weighted by molar-refractivity contribution is 4.46. The summed E-state index contributed by atoms with van der Waals surface area (Å²) in [5.41, 5.74) is 1.98. The minimum atomic E-state index is 0.466. The predicted molar refractivity (Wildman–Crippen MR) is 57.1 cm³/mol. The van der Waals surface area contributed by atoms with Gasteiger partial charge in [-0.05, 0) is 26.4 Å². The molecule has 0 radical (unpaired) electrons. The number of nitroso groups, excluding NO2 is 1. The summed E-state index contributed by atoms with van der Waals surface area (Å²) in [6.45, 7) is 1.73. The maximum Gasteiger partial charge on any atom is 0.275 e. The lowest BCUT2D eigenvalue weighted by atomic mass is 10.2. The summed E-state index contributed by atoms with van der Waals surface area (Å²) in [4.78, 5) is 15.5. The van der Waals surface area contributed by atoms with Gasteiger partial charge in [-0.1, -0.05) is 12.8 Å². The summed E-state index contributed by atoms with van der Waals surface area (Å²) in [7, 11) is 3.62. The quantitative estimate of drug-likeness (QED) is 0.266. The van der Waals surface area contributed by atoms with Crippen molar-refractivity contribution in [1.82, 2.24) is 15.9 Å². The number of unbranched alkanes of at least 4 members (excludes halogenated alkanes) is 3. The van der Waals surface area contributed by atoms with Crippen LogP contribution in [0.1, 0.15) is 25.7 Å². The molecule has 0 fully saturated rings. The molecule has 0 unspecified atom stereocenters. The standard InChI is InChI=1S/C8H22N5O2/c1-10-7-5-3-4-6-8-12(2)13(14)11-15-9/h10H,3-9H2,1-2H3,(H,11,14)/q+1. The van der Waals surface area contributed by atoms with Gasteiger partial charge >= 0.3 is 0 Å². The molecule has 0 aromatic carbocycles. The first-order valence-electron chi connectivity index (χ1n) is 5.16. The summed E-state index contributed by atoms with van der Waals surface area (Å²) in [5, 5.41) is 4.56. The van der Waals surface area contributed by atoms with Crippen molar-refractivity contribution >= 4 is 0 Å². The SMILES string of the molecule is CNCCCCCCN(C)[N+](=O)NON. The fraction of sp³-hybridized carbons (Fsp3) is 1.00. The van der Waals surface area contributed by atoms with Crippen LogP contribution in [0.5, 0.6) is 0 Å². The summed E-state index contributed by atoms with van der Waals surface area (Å²) in [6.07, 6.45) is 4.44. The molecule has 0 rings (SSSR count). The van der Waals surface area contributed by atoms with Crippen LogP contribution in [0.25, 0.3) is 0 Å². The van der Waals surface area contributed by atoms with Gasteiger partial charge in [0.2, 0.25) is 0 Å². The molecule has 0 heterocycles. The molecule has 0 saturated carbocycles. The first-order chi connectivity index (χ1) is 7.22. The van der Waals surface area contributed by atoms with Gasteiger partial charge in [0.05, 0.1) is 18.5 Å². The second-order valence-corrected chi connectivity index (χ2v) is 3.38. The Balaban J connectivity index is 3.30. The zero-order chi connectivity index (χ0) is 11.5. The van der Waals surface area contributed by atoms with Gasteiger partial charge in [0.1, 0.15) is 0 Å². The maximum atomic E-state index is 11.0. The van der Waals surface area contributed by atoms with Crippen LogP contribution in [0.15, 0.2) is 0 Å². The average Bonchev–Trinajstić information content (AvgIpc) is 2.23. The largest absolute Gasteiger partial charge is 0.320 e. The van der Waals surface area contributed by atoms with E-state index in [1.807, 2.05) is 12.6 Å². The number of hydrogen-bond acceptors (Lipinski definition) is 4. The molecule has 0 bridgehead atoms. The molecule has 0 aliphatic heterocycles. The molecule has 0 aliphatic carbocycles. The molecule has 7 heteroatoms. The Kier molecular flexibility index (Phi) is 9.04. The number of nitrogens with zero attached hydrogens (tertiary/aromatic N) is 2. The first kappa shape index (κ1) is 14.1. The summed E-state index contributed by atoms with van der Waals surface area (Å²) < 4.78 is 0. The molecule has 0 aromatic heterocycles. The topological polar surface area (TPSA) is 82.6 Å². The van der Waals surface area contributed by atoms with Crippen molar-refractivity contribution in [1.29, 1.82) is 0 Å². The lowest BCUT2D eigenvalue weighted by Gasteiger charge is -2.07. The lowest BCUT2D eigenvalue weighted by molar-refractivity contribution is -0.785. The van der Waals surface area contributed by atoms with Crippen LogP contribution in [0, 0.1) is 4.91 Å². The highest BCUT2D eigenvalue weighted by atomic mass is 16.8. The van der Waals surface area contributed by atoms with Crippen molar-refractivity contribution in [2.45, 2.75) is 25.7 Å².